The lowest BCUT2D eigenvalue weighted by Gasteiger charge is -2.24. The van der Waals surface area contributed by atoms with Crippen molar-refractivity contribution in [1.82, 2.24) is 5.32 Å². The summed E-state index contributed by atoms with van der Waals surface area (Å²) in [4.78, 5) is 12.4. The van der Waals surface area contributed by atoms with E-state index in [1.807, 2.05) is 12.1 Å². The number of amides is 1. The highest BCUT2D eigenvalue weighted by Crippen LogP contribution is 2.33. The maximum absolute atomic E-state index is 12.4. The summed E-state index contributed by atoms with van der Waals surface area (Å²) in [6, 6.07) is 6.75. The zero-order chi connectivity index (χ0) is 14.1. The lowest BCUT2D eigenvalue weighted by molar-refractivity contribution is -0.117. The molecule has 3 nitrogen and oxygen atoms in total. The van der Waals surface area contributed by atoms with E-state index in [1.54, 1.807) is 0 Å². The third-order valence-electron chi connectivity index (χ3n) is 4.67. The SMILES string of the molecule is Cc1cc(C)cc(NC(=O)C2CC3CCCCC3N2)c1. The molecular weight excluding hydrogens is 248 g/mol. The molecule has 1 aromatic rings. The molecule has 0 spiro atoms. The molecule has 1 saturated heterocycles. The Hall–Kier alpha value is -1.35. The van der Waals surface area contributed by atoms with E-state index >= 15 is 0 Å². The van der Waals surface area contributed by atoms with E-state index in [-0.39, 0.29) is 11.9 Å². The first kappa shape index (κ1) is 13.6. The predicted octanol–water partition coefficient (Wildman–Crippen LogP) is 3.16. The Morgan fingerprint density at radius 3 is 2.55 bits per heavy atom. The van der Waals surface area contributed by atoms with Crippen LogP contribution in [0.1, 0.15) is 43.2 Å². The lowest BCUT2D eigenvalue weighted by atomic mass is 9.85. The number of benzene rings is 1. The van der Waals surface area contributed by atoms with E-state index in [2.05, 4.69) is 30.5 Å². The summed E-state index contributed by atoms with van der Waals surface area (Å²) in [7, 11) is 0. The fraction of sp³-hybridized carbons (Fsp3) is 0.588. The highest BCUT2D eigenvalue weighted by Gasteiger charge is 2.38. The number of aryl methyl sites for hydroxylation is 2. The van der Waals surface area contributed by atoms with Crippen molar-refractivity contribution in [3.8, 4) is 0 Å². The van der Waals surface area contributed by atoms with Crippen molar-refractivity contribution in [3.63, 3.8) is 0 Å². The quantitative estimate of drug-likeness (QED) is 0.868. The number of carbonyl (C=O) groups excluding carboxylic acids is 1. The first-order valence-electron chi connectivity index (χ1n) is 7.77. The lowest BCUT2D eigenvalue weighted by Crippen LogP contribution is -2.39. The van der Waals surface area contributed by atoms with Crippen molar-refractivity contribution in [2.45, 2.75) is 58.0 Å². The first-order chi connectivity index (χ1) is 9.61. The van der Waals surface area contributed by atoms with E-state index in [4.69, 9.17) is 0 Å². The number of hydrogen-bond donors (Lipinski definition) is 2. The molecule has 1 amide bonds. The molecule has 3 unspecified atom stereocenters. The van der Waals surface area contributed by atoms with Gasteiger partial charge in [0.15, 0.2) is 0 Å². The minimum atomic E-state index is -0.0103. The molecule has 2 N–H and O–H groups in total. The van der Waals surface area contributed by atoms with Crippen LogP contribution < -0.4 is 10.6 Å². The molecule has 0 bridgehead atoms. The van der Waals surface area contributed by atoms with Gasteiger partial charge in [-0.15, -0.1) is 0 Å². The minimum absolute atomic E-state index is 0.0103. The van der Waals surface area contributed by atoms with Gasteiger partial charge < -0.3 is 10.6 Å². The molecule has 20 heavy (non-hydrogen) atoms. The van der Waals surface area contributed by atoms with Crippen LogP contribution in [0.4, 0.5) is 5.69 Å². The average Bonchev–Trinajstić information content (AvgIpc) is 2.81. The molecule has 2 aliphatic rings. The zero-order valence-corrected chi connectivity index (χ0v) is 12.4. The van der Waals surface area contributed by atoms with E-state index < -0.39 is 0 Å². The Balaban J connectivity index is 1.64. The summed E-state index contributed by atoms with van der Waals surface area (Å²) < 4.78 is 0. The largest absolute Gasteiger partial charge is 0.325 e. The molecule has 1 aromatic carbocycles. The van der Waals surface area contributed by atoms with E-state index in [1.165, 1.54) is 36.8 Å². The standard InChI is InChI=1S/C17H24N2O/c1-11-7-12(2)9-14(8-11)18-17(20)16-10-13-5-3-4-6-15(13)19-16/h7-9,13,15-16,19H,3-6,10H2,1-2H3,(H,18,20). The molecule has 1 saturated carbocycles. The maximum Gasteiger partial charge on any atom is 0.241 e. The number of hydrogen-bond acceptors (Lipinski definition) is 2. The van der Waals surface area contributed by atoms with Crippen LogP contribution in [0.15, 0.2) is 18.2 Å². The Labute approximate surface area is 121 Å². The normalized spacial score (nSPS) is 29.0. The highest BCUT2D eigenvalue weighted by atomic mass is 16.2. The number of nitrogens with one attached hydrogen (secondary N) is 2. The Morgan fingerprint density at radius 2 is 1.85 bits per heavy atom. The van der Waals surface area contributed by atoms with Crippen molar-refractivity contribution >= 4 is 11.6 Å². The summed E-state index contributed by atoms with van der Waals surface area (Å²) in [5, 5.41) is 6.60. The molecule has 3 rings (SSSR count). The monoisotopic (exact) mass is 272 g/mol. The van der Waals surface area contributed by atoms with Crippen LogP contribution in [0.3, 0.4) is 0 Å². The summed E-state index contributed by atoms with van der Waals surface area (Å²) >= 11 is 0. The van der Waals surface area contributed by atoms with Gasteiger partial charge in [-0.3, -0.25) is 4.79 Å². The molecule has 3 atom stereocenters. The molecular formula is C17H24N2O. The van der Waals surface area contributed by atoms with Crippen LogP contribution in [-0.4, -0.2) is 18.0 Å². The Kier molecular flexibility index (Phi) is 3.79. The van der Waals surface area contributed by atoms with Gasteiger partial charge in [-0.2, -0.15) is 0 Å². The van der Waals surface area contributed by atoms with Gasteiger partial charge in [-0.05, 0) is 62.3 Å². The van der Waals surface area contributed by atoms with Crippen LogP contribution in [0.25, 0.3) is 0 Å². The second kappa shape index (κ2) is 5.57. The predicted molar refractivity (Wildman–Crippen MR) is 81.8 cm³/mol. The number of rotatable bonds is 2. The fourth-order valence-electron chi connectivity index (χ4n) is 3.80. The smallest absolute Gasteiger partial charge is 0.241 e. The molecule has 2 fully saturated rings. The van der Waals surface area contributed by atoms with E-state index in [9.17, 15) is 4.79 Å². The van der Waals surface area contributed by atoms with Crippen LogP contribution in [0.5, 0.6) is 0 Å². The summed E-state index contributed by atoms with van der Waals surface area (Å²) in [5.74, 6) is 0.836. The third kappa shape index (κ3) is 2.88. The van der Waals surface area contributed by atoms with Gasteiger partial charge in [0.2, 0.25) is 5.91 Å². The summed E-state index contributed by atoms with van der Waals surface area (Å²) in [5.41, 5.74) is 3.30. The number of fused-ring (bicyclic) bond motifs is 1. The molecule has 1 aliphatic carbocycles. The maximum atomic E-state index is 12.4. The van der Waals surface area contributed by atoms with E-state index in [0.29, 0.717) is 12.0 Å². The van der Waals surface area contributed by atoms with Gasteiger partial charge in [-0.25, -0.2) is 0 Å². The number of carbonyl (C=O) groups is 1. The van der Waals surface area contributed by atoms with Crippen molar-refractivity contribution in [2.75, 3.05) is 5.32 Å². The van der Waals surface area contributed by atoms with Crippen LogP contribution in [0.2, 0.25) is 0 Å². The molecule has 1 heterocycles. The second-order valence-electron chi connectivity index (χ2n) is 6.47. The zero-order valence-electron chi connectivity index (χ0n) is 12.4. The molecule has 3 heteroatoms. The van der Waals surface area contributed by atoms with Gasteiger partial charge in [0, 0.05) is 11.7 Å². The van der Waals surface area contributed by atoms with Crippen molar-refractivity contribution < 1.29 is 4.79 Å². The fourth-order valence-corrected chi connectivity index (χ4v) is 3.80. The van der Waals surface area contributed by atoms with Crippen LogP contribution in [-0.2, 0) is 4.79 Å². The molecule has 0 aromatic heterocycles. The van der Waals surface area contributed by atoms with Crippen LogP contribution >= 0.6 is 0 Å². The summed E-state index contributed by atoms with van der Waals surface area (Å²) in [6.45, 7) is 4.12. The molecule has 0 radical (unpaired) electrons. The minimum Gasteiger partial charge on any atom is -0.325 e. The van der Waals surface area contributed by atoms with E-state index in [0.717, 1.165) is 12.1 Å². The average molecular weight is 272 g/mol. The summed E-state index contributed by atoms with van der Waals surface area (Å²) in [6.07, 6.45) is 6.15. The van der Waals surface area contributed by atoms with Crippen LogP contribution in [0, 0.1) is 19.8 Å². The highest BCUT2D eigenvalue weighted by molar-refractivity contribution is 5.95. The van der Waals surface area contributed by atoms with Gasteiger partial charge in [0.25, 0.3) is 0 Å². The van der Waals surface area contributed by atoms with Gasteiger partial charge in [0.1, 0.15) is 0 Å². The Morgan fingerprint density at radius 1 is 1.15 bits per heavy atom. The van der Waals surface area contributed by atoms with Gasteiger partial charge in [0.05, 0.1) is 6.04 Å². The molecule has 108 valence electrons. The number of anilines is 1. The molecule has 1 aliphatic heterocycles. The third-order valence-corrected chi connectivity index (χ3v) is 4.67. The first-order valence-corrected chi connectivity index (χ1v) is 7.77. The van der Waals surface area contributed by atoms with Crippen molar-refractivity contribution in [2.24, 2.45) is 5.92 Å². The Bertz CT molecular complexity index is 477. The topological polar surface area (TPSA) is 41.1 Å². The van der Waals surface area contributed by atoms with Crippen molar-refractivity contribution in [3.05, 3.63) is 29.3 Å². The van der Waals surface area contributed by atoms with Crippen molar-refractivity contribution in [1.29, 1.82) is 0 Å². The van der Waals surface area contributed by atoms with Gasteiger partial charge >= 0.3 is 0 Å². The van der Waals surface area contributed by atoms with Gasteiger partial charge in [-0.1, -0.05) is 18.9 Å². The second-order valence-corrected chi connectivity index (χ2v) is 6.47.